The second kappa shape index (κ2) is 6.88. The molecule has 3 aliphatic rings. The molecule has 5 nitrogen and oxygen atoms in total. The lowest BCUT2D eigenvalue weighted by atomic mass is 9.82. The van der Waals surface area contributed by atoms with Gasteiger partial charge in [-0.1, -0.05) is 36.4 Å². The van der Waals surface area contributed by atoms with E-state index in [1.807, 2.05) is 11.0 Å². The molecule has 1 heterocycles. The zero-order valence-corrected chi connectivity index (χ0v) is 15.2. The highest BCUT2D eigenvalue weighted by atomic mass is 16.4. The molecular weight excluding hydrogens is 328 g/mol. The normalized spacial score (nSPS) is 30.7. The molecule has 1 saturated carbocycles. The van der Waals surface area contributed by atoms with Crippen molar-refractivity contribution in [3.8, 4) is 0 Å². The Balaban J connectivity index is 1.37. The molecule has 5 heteroatoms. The van der Waals surface area contributed by atoms with Gasteiger partial charge in [0.2, 0.25) is 5.91 Å². The number of hydrogen-bond donors (Lipinski definition) is 1. The number of aliphatic carboxylic acids is 1. The number of fused-ring (bicyclic) bond motifs is 2. The molecule has 2 aliphatic carbocycles. The third-order valence-corrected chi connectivity index (χ3v) is 6.37. The number of rotatable bonds is 4. The fourth-order valence-corrected chi connectivity index (χ4v) is 4.86. The summed E-state index contributed by atoms with van der Waals surface area (Å²) in [6, 6.07) is 8.41. The van der Waals surface area contributed by atoms with Crippen molar-refractivity contribution in [3.05, 3.63) is 47.5 Å². The van der Waals surface area contributed by atoms with Gasteiger partial charge in [-0.05, 0) is 36.3 Å². The predicted molar refractivity (Wildman–Crippen MR) is 98.4 cm³/mol. The number of carbonyl (C=O) groups is 2. The van der Waals surface area contributed by atoms with Crippen molar-refractivity contribution in [2.45, 2.75) is 19.9 Å². The maximum absolute atomic E-state index is 13.0. The molecule has 0 radical (unpaired) electrons. The molecule has 2 fully saturated rings. The number of benzene rings is 1. The SMILES string of the molecule is Cc1ccccc1CN1CCN(C(=O)[C@@H]2[C@@H](C(=O)O)[C@H]3C=C[C@H]2C3)CC1. The number of carbonyl (C=O) groups excluding carboxylic acids is 1. The number of nitrogens with zero attached hydrogens (tertiary/aromatic N) is 2. The molecule has 4 rings (SSSR count). The topological polar surface area (TPSA) is 60.9 Å². The van der Waals surface area contributed by atoms with Crippen LogP contribution in [-0.2, 0) is 16.1 Å². The van der Waals surface area contributed by atoms with Crippen LogP contribution < -0.4 is 0 Å². The van der Waals surface area contributed by atoms with E-state index in [9.17, 15) is 14.7 Å². The molecule has 2 bridgehead atoms. The van der Waals surface area contributed by atoms with E-state index in [2.05, 4.69) is 42.2 Å². The number of aryl methyl sites for hydroxylation is 1. The van der Waals surface area contributed by atoms with Gasteiger partial charge in [-0.25, -0.2) is 0 Å². The van der Waals surface area contributed by atoms with E-state index >= 15 is 0 Å². The number of carboxylic acid groups (broad SMARTS) is 1. The molecule has 4 atom stereocenters. The van der Waals surface area contributed by atoms with Crippen LogP contribution in [0.1, 0.15) is 17.5 Å². The van der Waals surface area contributed by atoms with Crippen molar-refractivity contribution in [1.82, 2.24) is 9.80 Å². The molecule has 1 aromatic rings. The third-order valence-electron chi connectivity index (χ3n) is 6.37. The Morgan fingerprint density at radius 2 is 1.69 bits per heavy atom. The van der Waals surface area contributed by atoms with Crippen molar-refractivity contribution < 1.29 is 14.7 Å². The van der Waals surface area contributed by atoms with Gasteiger partial charge in [0.25, 0.3) is 0 Å². The van der Waals surface area contributed by atoms with E-state index in [0.29, 0.717) is 13.1 Å². The van der Waals surface area contributed by atoms with Crippen LogP contribution in [0.15, 0.2) is 36.4 Å². The molecule has 1 amide bonds. The lowest BCUT2D eigenvalue weighted by Gasteiger charge is -2.38. The average Bonchev–Trinajstić information content (AvgIpc) is 3.25. The molecule has 0 unspecified atom stereocenters. The predicted octanol–water partition coefficient (Wildman–Crippen LogP) is 2.16. The maximum Gasteiger partial charge on any atom is 0.307 e. The number of hydrogen-bond acceptors (Lipinski definition) is 3. The molecule has 1 aromatic carbocycles. The first kappa shape index (κ1) is 17.3. The summed E-state index contributed by atoms with van der Waals surface area (Å²) < 4.78 is 0. The summed E-state index contributed by atoms with van der Waals surface area (Å²) in [6.07, 6.45) is 4.87. The summed E-state index contributed by atoms with van der Waals surface area (Å²) in [5.74, 6) is -1.54. The Labute approximate surface area is 154 Å². The van der Waals surface area contributed by atoms with Gasteiger partial charge in [0.1, 0.15) is 0 Å². The highest BCUT2D eigenvalue weighted by molar-refractivity contribution is 5.87. The van der Waals surface area contributed by atoms with Gasteiger partial charge < -0.3 is 10.0 Å². The molecule has 26 heavy (non-hydrogen) atoms. The van der Waals surface area contributed by atoms with Gasteiger partial charge in [0.15, 0.2) is 0 Å². The van der Waals surface area contributed by atoms with E-state index in [4.69, 9.17) is 0 Å². The quantitative estimate of drug-likeness (QED) is 0.842. The minimum atomic E-state index is -0.821. The van der Waals surface area contributed by atoms with Gasteiger partial charge in [0.05, 0.1) is 11.8 Å². The zero-order chi connectivity index (χ0) is 18.3. The molecule has 1 N–H and O–H groups in total. The molecule has 138 valence electrons. The zero-order valence-electron chi connectivity index (χ0n) is 15.2. The summed E-state index contributed by atoms with van der Waals surface area (Å²) in [5.41, 5.74) is 2.63. The van der Waals surface area contributed by atoms with Crippen LogP contribution in [0.5, 0.6) is 0 Å². The van der Waals surface area contributed by atoms with Crippen LogP contribution in [0.25, 0.3) is 0 Å². The Morgan fingerprint density at radius 3 is 2.35 bits per heavy atom. The second-order valence-electron chi connectivity index (χ2n) is 7.87. The largest absolute Gasteiger partial charge is 0.481 e. The van der Waals surface area contributed by atoms with Crippen molar-refractivity contribution in [2.75, 3.05) is 26.2 Å². The molecule has 0 spiro atoms. The van der Waals surface area contributed by atoms with Gasteiger partial charge >= 0.3 is 5.97 Å². The average molecular weight is 354 g/mol. The summed E-state index contributed by atoms with van der Waals surface area (Å²) in [7, 11) is 0. The van der Waals surface area contributed by atoms with Crippen LogP contribution in [0.4, 0.5) is 0 Å². The van der Waals surface area contributed by atoms with Crippen molar-refractivity contribution >= 4 is 11.9 Å². The van der Waals surface area contributed by atoms with Crippen LogP contribution in [0.2, 0.25) is 0 Å². The first-order valence-corrected chi connectivity index (χ1v) is 9.51. The minimum Gasteiger partial charge on any atom is -0.481 e. The molecular formula is C21H26N2O3. The van der Waals surface area contributed by atoms with Gasteiger partial charge in [-0.3, -0.25) is 14.5 Å². The van der Waals surface area contributed by atoms with Gasteiger partial charge in [-0.15, -0.1) is 0 Å². The lowest BCUT2D eigenvalue weighted by Crippen LogP contribution is -2.52. The van der Waals surface area contributed by atoms with Crippen molar-refractivity contribution in [1.29, 1.82) is 0 Å². The Kier molecular flexibility index (Phi) is 4.57. The molecule has 1 aliphatic heterocycles. The number of carboxylic acids is 1. The smallest absolute Gasteiger partial charge is 0.307 e. The fraction of sp³-hybridized carbons (Fsp3) is 0.524. The molecule has 0 aromatic heterocycles. The highest BCUT2D eigenvalue weighted by Gasteiger charge is 2.52. The Hall–Kier alpha value is -2.14. The Bertz CT molecular complexity index is 737. The van der Waals surface area contributed by atoms with Crippen molar-refractivity contribution in [3.63, 3.8) is 0 Å². The van der Waals surface area contributed by atoms with Gasteiger partial charge in [0, 0.05) is 32.7 Å². The maximum atomic E-state index is 13.0. The first-order valence-electron chi connectivity index (χ1n) is 9.51. The summed E-state index contributed by atoms with van der Waals surface area (Å²) >= 11 is 0. The lowest BCUT2D eigenvalue weighted by molar-refractivity contribution is -0.151. The standard InChI is InChI=1S/C21H26N2O3/c1-14-4-2-3-5-17(14)13-22-8-10-23(11-9-22)20(24)18-15-6-7-16(12-15)19(18)21(25)26/h2-7,15-16,18-19H,8-13H2,1H3,(H,25,26)/t15-,16-,18-,19-/m0/s1. The number of amides is 1. The van der Waals surface area contributed by atoms with Crippen LogP contribution in [0, 0.1) is 30.6 Å². The van der Waals surface area contributed by atoms with E-state index in [0.717, 1.165) is 26.1 Å². The number of piperazine rings is 1. The van der Waals surface area contributed by atoms with Crippen LogP contribution in [-0.4, -0.2) is 53.0 Å². The van der Waals surface area contributed by atoms with E-state index < -0.39 is 11.9 Å². The van der Waals surface area contributed by atoms with Crippen molar-refractivity contribution in [2.24, 2.45) is 23.7 Å². The highest BCUT2D eigenvalue weighted by Crippen LogP contribution is 2.48. The van der Waals surface area contributed by atoms with Crippen LogP contribution >= 0.6 is 0 Å². The Morgan fingerprint density at radius 1 is 1.04 bits per heavy atom. The third kappa shape index (κ3) is 3.05. The number of allylic oxidation sites excluding steroid dienone is 2. The summed E-state index contributed by atoms with van der Waals surface area (Å²) in [5, 5.41) is 9.57. The van der Waals surface area contributed by atoms with Gasteiger partial charge in [-0.2, -0.15) is 0 Å². The summed E-state index contributed by atoms with van der Waals surface area (Å²) in [6.45, 7) is 6.10. The fourth-order valence-electron chi connectivity index (χ4n) is 4.86. The second-order valence-corrected chi connectivity index (χ2v) is 7.87. The summed E-state index contributed by atoms with van der Waals surface area (Å²) in [4.78, 5) is 29.0. The minimum absolute atomic E-state index is 0.0359. The monoisotopic (exact) mass is 354 g/mol. The first-order chi connectivity index (χ1) is 12.5. The van der Waals surface area contributed by atoms with E-state index in [-0.39, 0.29) is 23.7 Å². The molecule has 1 saturated heterocycles. The van der Waals surface area contributed by atoms with Crippen LogP contribution in [0.3, 0.4) is 0 Å². The van der Waals surface area contributed by atoms with E-state index in [1.165, 1.54) is 11.1 Å². The van der Waals surface area contributed by atoms with E-state index in [1.54, 1.807) is 0 Å².